The molecule has 0 atom stereocenters. The zero-order valence-corrected chi connectivity index (χ0v) is 21.3. The normalized spacial score (nSPS) is 10.7. The first kappa shape index (κ1) is 22.5. The van der Waals surface area contributed by atoms with Gasteiger partial charge in [0.2, 0.25) is 0 Å². The second-order valence-corrected chi connectivity index (χ2v) is 10.9. The summed E-state index contributed by atoms with van der Waals surface area (Å²) < 4.78 is 5.40. The van der Waals surface area contributed by atoms with Crippen LogP contribution in [0.25, 0.3) is 21.8 Å². The van der Waals surface area contributed by atoms with E-state index < -0.39 is 0 Å². The summed E-state index contributed by atoms with van der Waals surface area (Å²) >= 11 is 9.35. The molecule has 27 heavy (non-hydrogen) atoms. The van der Waals surface area contributed by atoms with Gasteiger partial charge in [-0.05, 0) is 50.2 Å². The van der Waals surface area contributed by atoms with Crippen molar-refractivity contribution in [2.75, 3.05) is 0 Å². The predicted molar refractivity (Wildman–Crippen MR) is 135 cm³/mol. The highest BCUT2D eigenvalue weighted by molar-refractivity contribution is 14.1. The molecular formula is C22H25Br2IN2. The molecule has 0 aliphatic carbocycles. The summed E-state index contributed by atoms with van der Waals surface area (Å²) in [6.07, 6.45) is 4.08. The number of nitrogens with one attached hydrogen (secondary N) is 1. The molecule has 5 heteroatoms. The lowest BCUT2D eigenvalue weighted by molar-refractivity contribution is 0.623. The minimum absolute atomic E-state index is 0.520. The Labute approximate surface area is 192 Å². The highest BCUT2D eigenvalue weighted by Crippen LogP contribution is 2.26. The first-order chi connectivity index (χ1) is 12.8. The second kappa shape index (κ2) is 10.7. The third-order valence-electron chi connectivity index (χ3n) is 3.81. The van der Waals surface area contributed by atoms with Crippen LogP contribution in [-0.4, -0.2) is 13.5 Å². The number of H-pyrrole nitrogens is 1. The molecule has 2 nitrogen and oxygen atoms in total. The van der Waals surface area contributed by atoms with Crippen molar-refractivity contribution in [1.29, 1.82) is 0 Å². The van der Waals surface area contributed by atoms with E-state index in [0.29, 0.717) is 6.04 Å². The molecule has 0 radical (unpaired) electrons. The number of halogens is 3. The minimum atomic E-state index is 0.520. The molecule has 0 fully saturated rings. The Bertz CT molecular complexity index is 983. The van der Waals surface area contributed by atoms with Crippen LogP contribution in [0.15, 0.2) is 69.9 Å². The summed E-state index contributed by atoms with van der Waals surface area (Å²) in [5.74, 6) is 0. The van der Waals surface area contributed by atoms with Gasteiger partial charge in [-0.3, -0.25) is 0 Å². The molecule has 0 saturated heterocycles. The van der Waals surface area contributed by atoms with E-state index in [1.165, 1.54) is 26.3 Å². The quantitative estimate of drug-likeness (QED) is 0.166. The number of aromatic amines is 1. The van der Waals surface area contributed by atoms with Gasteiger partial charge in [0.1, 0.15) is 0 Å². The van der Waals surface area contributed by atoms with E-state index in [4.69, 9.17) is 0 Å². The number of fused-ring (bicyclic) bond motifs is 2. The predicted octanol–water partition coefficient (Wildman–Crippen LogP) is 8.74. The molecule has 4 aromatic rings. The van der Waals surface area contributed by atoms with Gasteiger partial charge in [-0.25, -0.2) is 0 Å². The molecule has 0 amide bonds. The van der Waals surface area contributed by atoms with Crippen molar-refractivity contribution in [3.63, 3.8) is 0 Å². The molecule has 0 aliphatic heterocycles. The van der Waals surface area contributed by atoms with Crippen molar-refractivity contribution in [3.05, 3.63) is 69.9 Å². The number of hydrogen-bond donors (Lipinski definition) is 1. The number of aromatic nitrogens is 2. The van der Waals surface area contributed by atoms with Crippen molar-refractivity contribution in [2.24, 2.45) is 0 Å². The number of alkyl halides is 1. The van der Waals surface area contributed by atoms with Gasteiger partial charge in [0, 0.05) is 53.1 Å². The Morgan fingerprint density at radius 2 is 1.44 bits per heavy atom. The lowest BCUT2D eigenvalue weighted by atomic mass is 10.2. The summed E-state index contributed by atoms with van der Waals surface area (Å²) in [5.41, 5.74) is 2.47. The van der Waals surface area contributed by atoms with Gasteiger partial charge in [0.05, 0.1) is 0 Å². The Morgan fingerprint density at radius 3 is 2.04 bits per heavy atom. The topological polar surface area (TPSA) is 20.7 Å². The molecule has 0 bridgehead atoms. The lowest BCUT2D eigenvalue weighted by Gasteiger charge is -2.08. The number of rotatable bonds is 1. The SMILES string of the molecule is Brc1cccc2[nH]ccc12.CC(C)I.CC(C)n1ccc2c(Br)cccc21. The number of hydrogen-bond acceptors (Lipinski definition) is 0. The maximum absolute atomic E-state index is 3.55. The van der Waals surface area contributed by atoms with Crippen LogP contribution in [0.4, 0.5) is 0 Å². The highest BCUT2D eigenvalue weighted by Gasteiger charge is 2.05. The molecule has 1 N–H and O–H groups in total. The van der Waals surface area contributed by atoms with Crippen molar-refractivity contribution in [1.82, 2.24) is 9.55 Å². The van der Waals surface area contributed by atoms with Crippen LogP contribution >= 0.6 is 54.5 Å². The molecule has 2 aromatic heterocycles. The minimum Gasteiger partial charge on any atom is -0.361 e. The Morgan fingerprint density at radius 1 is 0.852 bits per heavy atom. The summed E-state index contributed by atoms with van der Waals surface area (Å²) in [4.78, 5) is 3.13. The summed E-state index contributed by atoms with van der Waals surface area (Å²) in [5, 5.41) is 2.53. The third-order valence-corrected chi connectivity index (χ3v) is 5.19. The van der Waals surface area contributed by atoms with Crippen LogP contribution in [0.5, 0.6) is 0 Å². The van der Waals surface area contributed by atoms with Gasteiger partial charge in [-0.15, -0.1) is 0 Å². The van der Waals surface area contributed by atoms with Crippen molar-refractivity contribution >= 4 is 76.3 Å². The molecular weight excluding hydrogens is 579 g/mol. The fourth-order valence-electron chi connectivity index (χ4n) is 2.65. The molecule has 0 aliphatic rings. The average Bonchev–Trinajstić information content (AvgIpc) is 3.22. The monoisotopic (exact) mass is 602 g/mol. The van der Waals surface area contributed by atoms with Crippen LogP contribution in [0.2, 0.25) is 0 Å². The van der Waals surface area contributed by atoms with Gasteiger partial charge in [-0.1, -0.05) is 80.4 Å². The van der Waals surface area contributed by atoms with Crippen LogP contribution in [-0.2, 0) is 0 Å². The van der Waals surface area contributed by atoms with E-state index in [0.717, 1.165) is 8.40 Å². The lowest BCUT2D eigenvalue weighted by Crippen LogP contribution is -1.97. The Hall–Kier alpha value is -0.790. The van der Waals surface area contributed by atoms with E-state index in [1.807, 2.05) is 18.3 Å². The second-order valence-electron chi connectivity index (χ2n) is 6.68. The van der Waals surface area contributed by atoms with Crippen molar-refractivity contribution in [2.45, 2.75) is 37.7 Å². The molecule has 0 saturated carbocycles. The largest absolute Gasteiger partial charge is 0.361 e. The van der Waals surface area contributed by atoms with Gasteiger partial charge < -0.3 is 9.55 Å². The smallest absolute Gasteiger partial charge is 0.0494 e. The number of nitrogens with zero attached hydrogens (tertiary/aromatic N) is 1. The van der Waals surface area contributed by atoms with E-state index in [9.17, 15) is 0 Å². The van der Waals surface area contributed by atoms with Crippen LogP contribution in [0.1, 0.15) is 33.7 Å². The summed E-state index contributed by atoms with van der Waals surface area (Å²) in [7, 11) is 0. The van der Waals surface area contributed by atoms with E-state index in [1.54, 1.807) is 0 Å². The standard InChI is InChI=1S/C11H12BrN.C8H6BrN.C3H7I/c1-8(2)13-7-6-9-10(12)4-3-5-11(9)13;9-7-2-1-3-8-6(7)4-5-10-8;1-3(2)4/h3-8H,1-2H3;1-5,10H;3H,1-2H3. The fourth-order valence-corrected chi connectivity index (χ4v) is 3.63. The highest BCUT2D eigenvalue weighted by atomic mass is 127. The molecule has 0 unspecified atom stereocenters. The first-order valence-corrected chi connectivity index (χ1v) is 11.7. The van der Waals surface area contributed by atoms with Crippen LogP contribution < -0.4 is 0 Å². The molecule has 144 valence electrons. The summed E-state index contributed by atoms with van der Waals surface area (Å²) in [6.45, 7) is 8.70. The summed E-state index contributed by atoms with van der Waals surface area (Å²) in [6, 6.07) is 17.1. The molecule has 0 spiro atoms. The molecule has 4 rings (SSSR count). The van der Waals surface area contributed by atoms with E-state index in [2.05, 4.69) is 134 Å². The number of benzene rings is 2. The third kappa shape index (κ3) is 6.36. The van der Waals surface area contributed by atoms with Crippen LogP contribution in [0.3, 0.4) is 0 Å². The van der Waals surface area contributed by atoms with Crippen molar-refractivity contribution in [3.8, 4) is 0 Å². The van der Waals surface area contributed by atoms with Crippen LogP contribution in [0, 0.1) is 0 Å². The Kier molecular flexibility index (Phi) is 8.89. The Balaban J connectivity index is 0.000000166. The van der Waals surface area contributed by atoms with E-state index in [-0.39, 0.29) is 0 Å². The zero-order valence-electron chi connectivity index (χ0n) is 16.0. The molecule has 2 aromatic carbocycles. The maximum atomic E-state index is 3.55. The van der Waals surface area contributed by atoms with Gasteiger partial charge in [0.25, 0.3) is 0 Å². The van der Waals surface area contributed by atoms with Crippen molar-refractivity contribution < 1.29 is 0 Å². The van der Waals surface area contributed by atoms with Gasteiger partial charge in [-0.2, -0.15) is 0 Å². The van der Waals surface area contributed by atoms with Gasteiger partial charge >= 0.3 is 0 Å². The van der Waals surface area contributed by atoms with Gasteiger partial charge in [0.15, 0.2) is 0 Å². The maximum Gasteiger partial charge on any atom is 0.0494 e. The van der Waals surface area contributed by atoms with E-state index >= 15 is 0 Å². The average molecular weight is 604 g/mol. The zero-order chi connectivity index (χ0) is 20.0. The fraction of sp³-hybridized carbons (Fsp3) is 0.273. The first-order valence-electron chi connectivity index (χ1n) is 8.92. The molecule has 2 heterocycles.